The molecule has 0 fully saturated rings. The van der Waals surface area contributed by atoms with E-state index in [-0.39, 0.29) is 17.2 Å². The second-order valence-electron chi connectivity index (χ2n) is 12.0. The van der Waals surface area contributed by atoms with Crippen molar-refractivity contribution < 1.29 is 32.2 Å². The lowest BCUT2D eigenvalue weighted by atomic mass is 10.2. The van der Waals surface area contributed by atoms with Crippen molar-refractivity contribution >= 4 is 72.6 Å². The first kappa shape index (κ1) is 37.8. The number of nitrogens with one attached hydrogen (secondary N) is 1. The third-order valence-corrected chi connectivity index (χ3v) is 10.5. The lowest BCUT2D eigenvalue weighted by molar-refractivity contribution is 0.0267. The first-order valence-electron chi connectivity index (χ1n) is 15.8. The van der Waals surface area contributed by atoms with E-state index in [9.17, 15) is 13.2 Å². The standard InChI is InChI=1S/C34H38Cl2N6O7S2/c1-7-40(33(43)49-34(2,3)4)16-15-37-26-17-23(35)12-14-29(26)48-28-10-8-9-27-25(28)19-39-42(27)51(44,45)41(32-38-20-31(36)50-32)21-22-11-13-24(46-5)18-30(22)47-6/h8-14,17-20,37H,7,15-16,21H2,1-6H3. The van der Waals surface area contributed by atoms with E-state index in [0.29, 0.717) is 68.6 Å². The number of aromatic nitrogens is 3. The van der Waals surface area contributed by atoms with E-state index in [1.165, 1.54) is 26.6 Å². The summed E-state index contributed by atoms with van der Waals surface area (Å²) in [5, 5.41) is 8.64. The molecule has 0 bridgehead atoms. The normalized spacial score (nSPS) is 11.7. The van der Waals surface area contributed by atoms with Gasteiger partial charge in [0, 0.05) is 36.3 Å². The van der Waals surface area contributed by atoms with Crippen LogP contribution >= 0.6 is 34.5 Å². The van der Waals surface area contributed by atoms with Crippen molar-refractivity contribution in [3.63, 3.8) is 0 Å². The Balaban J connectivity index is 1.44. The molecule has 51 heavy (non-hydrogen) atoms. The van der Waals surface area contributed by atoms with Crippen molar-refractivity contribution in [3.8, 4) is 23.0 Å². The van der Waals surface area contributed by atoms with Crippen molar-refractivity contribution in [1.29, 1.82) is 0 Å². The number of hydrogen-bond acceptors (Lipinski definition) is 11. The monoisotopic (exact) mass is 776 g/mol. The first-order valence-corrected chi connectivity index (χ1v) is 18.7. The molecule has 0 saturated carbocycles. The molecule has 0 aliphatic rings. The van der Waals surface area contributed by atoms with Crippen LogP contribution in [-0.4, -0.2) is 73.0 Å². The average Bonchev–Trinajstić information content (AvgIpc) is 3.73. The van der Waals surface area contributed by atoms with E-state index < -0.39 is 21.9 Å². The second-order valence-corrected chi connectivity index (χ2v) is 15.8. The molecule has 0 atom stereocenters. The van der Waals surface area contributed by atoms with Crippen LogP contribution in [0.1, 0.15) is 33.3 Å². The Labute approximate surface area is 310 Å². The van der Waals surface area contributed by atoms with Gasteiger partial charge in [0.25, 0.3) is 0 Å². The smallest absolute Gasteiger partial charge is 0.410 e. The second kappa shape index (κ2) is 15.8. The maximum atomic E-state index is 14.4. The highest BCUT2D eigenvalue weighted by molar-refractivity contribution is 7.91. The Morgan fingerprint density at radius 2 is 1.78 bits per heavy atom. The molecule has 0 spiro atoms. The number of carbonyl (C=O) groups is 1. The van der Waals surface area contributed by atoms with Crippen LogP contribution in [0.3, 0.4) is 0 Å². The van der Waals surface area contributed by atoms with Crippen molar-refractivity contribution in [1.82, 2.24) is 19.1 Å². The molecule has 0 unspecified atom stereocenters. The van der Waals surface area contributed by atoms with Gasteiger partial charge in [0.15, 0.2) is 5.75 Å². The molecule has 0 radical (unpaired) electrons. The topological polar surface area (TPSA) is 137 Å². The van der Waals surface area contributed by atoms with Gasteiger partial charge in [-0.3, -0.25) is 0 Å². The van der Waals surface area contributed by atoms with E-state index in [1.807, 2.05) is 27.7 Å². The van der Waals surface area contributed by atoms with E-state index >= 15 is 0 Å². The van der Waals surface area contributed by atoms with Crippen molar-refractivity contribution in [2.75, 3.05) is 43.5 Å². The molecule has 17 heteroatoms. The van der Waals surface area contributed by atoms with Crippen molar-refractivity contribution in [2.45, 2.75) is 39.8 Å². The summed E-state index contributed by atoms with van der Waals surface area (Å²) in [5.74, 6) is 1.76. The molecule has 272 valence electrons. The number of benzene rings is 3. The summed E-state index contributed by atoms with van der Waals surface area (Å²) in [6.45, 7) is 8.39. The van der Waals surface area contributed by atoms with Gasteiger partial charge < -0.3 is 29.2 Å². The number of anilines is 2. The fourth-order valence-electron chi connectivity index (χ4n) is 4.99. The van der Waals surface area contributed by atoms with Crippen LogP contribution in [0.25, 0.3) is 10.9 Å². The van der Waals surface area contributed by atoms with Gasteiger partial charge in [-0.2, -0.15) is 13.5 Å². The summed E-state index contributed by atoms with van der Waals surface area (Å²) < 4.78 is 53.9. The Morgan fingerprint density at radius 1 is 1.00 bits per heavy atom. The number of fused-ring (bicyclic) bond motifs is 1. The Bertz CT molecular complexity index is 2120. The summed E-state index contributed by atoms with van der Waals surface area (Å²) in [4.78, 5) is 18.5. The highest BCUT2D eigenvalue weighted by Crippen LogP contribution is 2.38. The summed E-state index contributed by atoms with van der Waals surface area (Å²) >= 11 is 13.6. The molecule has 2 heterocycles. The van der Waals surface area contributed by atoms with Gasteiger partial charge in [-0.25, -0.2) is 14.1 Å². The number of thiazole rings is 1. The minimum atomic E-state index is -4.39. The number of hydrogen-bond donors (Lipinski definition) is 1. The maximum Gasteiger partial charge on any atom is 0.410 e. The molecule has 0 aliphatic carbocycles. The fourth-order valence-corrected chi connectivity index (χ4v) is 7.67. The van der Waals surface area contributed by atoms with Crippen LogP contribution in [0, 0.1) is 0 Å². The summed E-state index contributed by atoms with van der Waals surface area (Å²) in [7, 11) is -1.37. The maximum absolute atomic E-state index is 14.4. The zero-order chi connectivity index (χ0) is 36.9. The van der Waals surface area contributed by atoms with E-state index in [4.69, 9.17) is 42.1 Å². The molecule has 5 aromatic rings. The highest BCUT2D eigenvalue weighted by atomic mass is 35.5. The molecule has 1 N–H and O–H groups in total. The highest BCUT2D eigenvalue weighted by Gasteiger charge is 2.31. The van der Waals surface area contributed by atoms with Gasteiger partial charge in [-0.1, -0.05) is 40.6 Å². The zero-order valence-electron chi connectivity index (χ0n) is 28.8. The number of methoxy groups -OCH3 is 2. The number of carbonyl (C=O) groups excluding carboxylic acids is 1. The van der Waals surface area contributed by atoms with Crippen LogP contribution in [0.2, 0.25) is 9.36 Å². The van der Waals surface area contributed by atoms with E-state index in [2.05, 4.69) is 15.4 Å². The lowest BCUT2D eigenvalue weighted by Crippen LogP contribution is -2.39. The molecule has 0 saturated heterocycles. The van der Waals surface area contributed by atoms with E-state index in [1.54, 1.807) is 59.5 Å². The van der Waals surface area contributed by atoms with Crippen LogP contribution < -0.4 is 23.8 Å². The summed E-state index contributed by atoms with van der Waals surface area (Å²) in [6.07, 6.45) is 2.40. The number of amides is 1. The number of halogens is 2. The third-order valence-electron chi connectivity index (χ3n) is 7.42. The van der Waals surface area contributed by atoms with Gasteiger partial charge in [-0.05, 0) is 70.2 Å². The molecule has 3 aromatic carbocycles. The largest absolute Gasteiger partial charge is 0.497 e. The minimum absolute atomic E-state index is 0.138. The number of likely N-dealkylation sites (N-methyl/N-ethyl adjacent to an activating group) is 1. The quantitative estimate of drug-likeness (QED) is 0.118. The van der Waals surface area contributed by atoms with Crippen LogP contribution in [-0.2, 0) is 21.5 Å². The molecule has 5 rings (SSSR count). The summed E-state index contributed by atoms with van der Waals surface area (Å²) in [6, 6.07) is 15.2. The predicted molar refractivity (Wildman–Crippen MR) is 200 cm³/mol. The molecule has 1 amide bonds. The summed E-state index contributed by atoms with van der Waals surface area (Å²) in [5.41, 5.74) is 0.780. The predicted octanol–water partition coefficient (Wildman–Crippen LogP) is 8.08. The van der Waals surface area contributed by atoms with Crippen molar-refractivity contribution in [3.05, 3.63) is 81.9 Å². The number of nitrogens with zero attached hydrogens (tertiary/aromatic N) is 5. The van der Waals surface area contributed by atoms with Crippen molar-refractivity contribution in [2.24, 2.45) is 0 Å². The SMILES string of the molecule is CCN(CCNc1cc(Cl)ccc1Oc1cccc2c1cnn2S(=O)(=O)N(Cc1ccc(OC)cc1OC)c1ncc(Cl)s1)C(=O)OC(C)(C)C. The zero-order valence-corrected chi connectivity index (χ0v) is 32.0. The van der Waals surface area contributed by atoms with Gasteiger partial charge in [-0.15, -0.1) is 4.09 Å². The van der Waals surface area contributed by atoms with E-state index in [0.717, 1.165) is 19.7 Å². The first-order chi connectivity index (χ1) is 24.2. The van der Waals surface area contributed by atoms with Gasteiger partial charge in [0.05, 0.1) is 49.7 Å². The van der Waals surface area contributed by atoms with Crippen LogP contribution in [0.5, 0.6) is 23.0 Å². The Morgan fingerprint density at radius 3 is 2.45 bits per heavy atom. The van der Waals surface area contributed by atoms with Crippen LogP contribution in [0.15, 0.2) is 67.0 Å². The van der Waals surface area contributed by atoms with Crippen LogP contribution in [0.4, 0.5) is 15.6 Å². The molecule has 13 nitrogen and oxygen atoms in total. The molecular formula is C34H38Cl2N6O7S2. The number of ether oxygens (including phenoxy) is 4. The lowest BCUT2D eigenvalue weighted by Gasteiger charge is -2.26. The molecular weight excluding hydrogens is 739 g/mol. The average molecular weight is 778 g/mol. The third kappa shape index (κ3) is 8.90. The Hall–Kier alpha value is -4.44. The van der Waals surface area contributed by atoms with Gasteiger partial charge >= 0.3 is 16.3 Å². The number of rotatable bonds is 14. The molecule has 2 aromatic heterocycles. The minimum Gasteiger partial charge on any atom is -0.497 e. The Kier molecular flexibility index (Phi) is 11.7. The fraction of sp³-hybridized carbons (Fsp3) is 0.324. The van der Waals surface area contributed by atoms with Gasteiger partial charge in [0.2, 0.25) is 5.13 Å². The molecule has 0 aliphatic heterocycles. The van der Waals surface area contributed by atoms with Gasteiger partial charge in [0.1, 0.15) is 27.2 Å².